The fourth-order valence-electron chi connectivity index (χ4n) is 1.90. The van der Waals surface area contributed by atoms with Crippen molar-refractivity contribution in [1.82, 2.24) is 9.55 Å². The molecular formula is C10H13N3O6. The van der Waals surface area contributed by atoms with Crippen molar-refractivity contribution in [3.8, 4) is 0 Å². The van der Waals surface area contributed by atoms with Crippen LogP contribution in [0.25, 0.3) is 0 Å². The van der Waals surface area contributed by atoms with Crippen LogP contribution in [0, 0.1) is 0 Å². The van der Waals surface area contributed by atoms with Gasteiger partial charge in [0.05, 0.1) is 6.61 Å². The minimum atomic E-state index is -1.42. The number of hydrogen-bond donors (Lipinski definition) is 4. The molecule has 1 fully saturated rings. The van der Waals surface area contributed by atoms with E-state index in [0.717, 1.165) is 10.8 Å². The van der Waals surface area contributed by atoms with E-state index in [-0.39, 0.29) is 0 Å². The standard InChI is InChI=1S/C10H13N3O6/c11-8(17)5-9(18)13(2-1-12-5)10-7(16)6(15)4(3-14)19-10/h1-2,4,6-7,10,14-16H,3H2,(H2,11,17)/t4-,6-,7-,10?/m1/s1. The van der Waals surface area contributed by atoms with Crippen LogP contribution >= 0.6 is 0 Å². The number of amides is 1. The lowest BCUT2D eigenvalue weighted by molar-refractivity contribution is -0.0545. The average molecular weight is 271 g/mol. The number of hydrogen-bond acceptors (Lipinski definition) is 7. The quantitative estimate of drug-likeness (QED) is 0.456. The number of nitrogens with zero attached hydrogens (tertiary/aromatic N) is 2. The number of carbonyl (C=O) groups excluding carboxylic acids is 1. The van der Waals surface area contributed by atoms with Crippen molar-refractivity contribution in [3.05, 3.63) is 28.4 Å². The molecule has 9 heteroatoms. The molecule has 0 bridgehead atoms. The molecule has 1 saturated heterocycles. The van der Waals surface area contributed by atoms with Crippen molar-refractivity contribution in [1.29, 1.82) is 0 Å². The van der Waals surface area contributed by atoms with E-state index in [4.69, 9.17) is 15.6 Å². The van der Waals surface area contributed by atoms with E-state index in [9.17, 15) is 19.8 Å². The molecule has 2 rings (SSSR count). The summed E-state index contributed by atoms with van der Waals surface area (Å²) in [6.07, 6.45) is -2.66. The van der Waals surface area contributed by atoms with Gasteiger partial charge in [0, 0.05) is 12.4 Å². The van der Waals surface area contributed by atoms with Crippen molar-refractivity contribution in [2.75, 3.05) is 6.61 Å². The van der Waals surface area contributed by atoms with E-state index >= 15 is 0 Å². The maximum absolute atomic E-state index is 11.9. The molecule has 19 heavy (non-hydrogen) atoms. The first-order chi connectivity index (χ1) is 8.97. The highest BCUT2D eigenvalue weighted by Gasteiger charge is 2.43. The molecule has 0 saturated carbocycles. The fourth-order valence-corrected chi connectivity index (χ4v) is 1.90. The molecule has 1 unspecified atom stereocenters. The predicted molar refractivity (Wildman–Crippen MR) is 60.0 cm³/mol. The van der Waals surface area contributed by atoms with Gasteiger partial charge in [-0.2, -0.15) is 0 Å². The third-order valence-electron chi connectivity index (χ3n) is 2.89. The second kappa shape index (κ2) is 5.05. The molecule has 4 atom stereocenters. The van der Waals surface area contributed by atoms with Gasteiger partial charge in [0.15, 0.2) is 11.9 Å². The van der Waals surface area contributed by atoms with Crippen LogP contribution < -0.4 is 11.3 Å². The predicted octanol–water partition coefficient (Wildman–Crippen LogP) is -3.05. The highest BCUT2D eigenvalue weighted by molar-refractivity contribution is 5.90. The van der Waals surface area contributed by atoms with Crippen LogP contribution in [0.5, 0.6) is 0 Å². The third kappa shape index (κ3) is 2.24. The number of ether oxygens (including phenoxy) is 1. The van der Waals surface area contributed by atoms with Gasteiger partial charge < -0.3 is 25.8 Å². The molecule has 1 aliphatic heterocycles. The summed E-state index contributed by atoms with van der Waals surface area (Å²) >= 11 is 0. The number of carbonyl (C=O) groups is 1. The van der Waals surface area contributed by atoms with Crippen LogP contribution in [0.3, 0.4) is 0 Å². The molecule has 5 N–H and O–H groups in total. The number of aliphatic hydroxyl groups excluding tert-OH is 3. The highest BCUT2D eigenvalue weighted by Crippen LogP contribution is 2.27. The molecule has 0 radical (unpaired) electrons. The number of primary amides is 1. The molecular weight excluding hydrogens is 258 g/mol. The Morgan fingerprint density at radius 3 is 2.68 bits per heavy atom. The SMILES string of the molecule is NC(=O)c1nccn(C2O[C@H](CO)[C@@H](O)[C@H]2O)c1=O. The highest BCUT2D eigenvalue weighted by atomic mass is 16.6. The molecule has 104 valence electrons. The molecule has 0 aromatic carbocycles. The molecule has 1 aromatic heterocycles. The van der Waals surface area contributed by atoms with Crippen molar-refractivity contribution >= 4 is 5.91 Å². The van der Waals surface area contributed by atoms with Gasteiger partial charge in [-0.3, -0.25) is 14.2 Å². The zero-order valence-electron chi connectivity index (χ0n) is 9.71. The largest absolute Gasteiger partial charge is 0.394 e. The van der Waals surface area contributed by atoms with E-state index in [1.807, 2.05) is 0 Å². The molecule has 0 spiro atoms. The van der Waals surface area contributed by atoms with Crippen LogP contribution in [0.4, 0.5) is 0 Å². The Bertz CT molecular complexity index is 544. The minimum Gasteiger partial charge on any atom is -0.394 e. The molecule has 1 aliphatic rings. The second-order valence-corrected chi connectivity index (χ2v) is 4.08. The van der Waals surface area contributed by atoms with Crippen LogP contribution in [0.2, 0.25) is 0 Å². The summed E-state index contributed by atoms with van der Waals surface area (Å²) in [6.45, 7) is -0.517. The summed E-state index contributed by atoms with van der Waals surface area (Å²) in [5.41, 5.74) is 3.65. The molecule has 0 aliphatic carbocycles. The molecule has 1 amide bonds. The smallest absolute Gasteiger partial charge is 0.284 e. The van der Waals surface area contributed by atoms with Crippen molar-refractivity contribution < 1.29 is 24.9 Å². The van der Waals surface area contributed by atoms with Crippen LogP contribution in [0.15, 0.2) is 17.2 Å². The Hall–Kier alpha value is -1.81. The minimum absolute atomic E-state index is 0.500. The van der Waals surface area contributed by atoms with Crippen LogP contribution in [-0.2, 0) is 4.74 Å². The summed E-state index contributed by atoms with van der Waals surface area (Å²) in [4.78, 5) is 26.5. The van der Waals surface area contributed by atoms with E-state index in [2.05, 4.69) is 4.98 Å². The van der Waals surface area contributed by atoms with Gasteiger partial charge in [-0.1, -0.05) is 0 Å². The second-order valence-electron chi connectivity index (χ2n) is 4.08. The summed E-state index contributed by atoms with van der Waals surface area (Å²) in [5, 5.41) is 28.3. The maximum atomic E-state index is 11.9. The molecule has 9 nitrogen and oxygen atoms in total. The Morgan fingerprint density at radius 1 is 1.47 bits per heavy atom. The Morgan fingerprint density at radius 2 is 2.16 bits per heavy atom. The zero-order valence-corrected chi connectivity index (χ0v) is 9.71. The van der Waals surface area contributed by atoms with Crippen molar-refractivity contribution in [3.63, 3.8) is 0 Å². The third-order valence-corrected chi connectivity index (χ3v) is 2.89. The number of aliphatic hydroxyl groups is 3. The van der Waals surface area contributed by atoms with Gasteiger partial charge in [0.2, 0.25) is 0 Å². The summed E-state index contributed by atoms with van der Waals surface area (Å²) < 4.78 is 6.07. The zero-order chi connectivity index (χ0) is 14.2. The van der Waals surface area contributed by atoms with Gasteiger partial charge >= 0.3 is 0 Å². The van der Waals surface area contributed by atoms with Gasteiger partial charge in [0.1, 0.15) is 18.3 Å². The maximum Gasteiger partial charge on any atom is 0.284 e. The molecule has 2 heterocycles. The van der Waals surface area contributed by atoms with E-state index in [1.165, 1.54) is 6.20 Å². The summed E-state index contributed by atoms with van der Waals surface area (Å²) in [7, 11) is 0. The first kappa shape index (κ1) is 13.6. The average Bonchev–Trinajstić information content (AvgIpc) is 2.66. The first-order valence-corrected chi connectivity index (χ1v) is 5.46. The lowest BCUT2D eigenvalue weighted by Gasteiger charge is -2.17. The lowest BCUT2D eigenvalue weighted by atomic mass is 10.1. The number of aromatic nitrogens is 2. The van der Waals surface area contributed by atoms with E-state index in [0.29, 0.717) is 0 Å². The lowest BCUT2D eigenvalue weighted by Crippen LogP contribution is -2.38. The molecule has 1 aromatic rings. The fraction of sp³-hybridized carbons (Fsp3) is 0.500. The monoisotopic (exact) mass is 271 g/mol. The Labute approximate surface area is 106 Å². The summed E-state index contributed by atoms with van der Waals surface area (Å²) in [5.74, 6) is -1.01. The van der Waals surface area contributed by atoms with Crippen LogP contribution in [0.1, 0.15) is 16.7 Å². The van der Waals surface area contributed by atoms with Crippen molar-refractivity contribution in [2.45, 2.75) is 24.5 Å². The number of nitrogens with two attached hydrogens (primary N) is 1. The summed E-state index contributed by atoms with van der Waals surface area (Å²) in [6, 6.07) is 0. The van der Waals surface area contributed by atoms with Gasteiger partial charge in [-0.05, 0) is 0 Å². The number of rotatable bonds is 3. The van der Waals surface area contributed by atoms with Gasteiger partial charge in [0.25, 0.3) is 11.5 Å². The van der Waals surface area contributed by atoms with Crippen LogP contribution in [-0.4, -0.2) is 55.7 Å². The Balaban J connectivity index is 2.41. The van der Waals surface area contributed by atoms with Crippen molar-refractivity contribution in [2.24, 2.45) is 5.73 Å². The Kier molecular flexibility index (Phi) is 3.62. The van der Waals surface area contributed by atoms with Gasteiger partial charge in [-0.15, -0.1) is 0 Å². The first-order valence-electron chi connectivity index (χ1n) is 5.46. The van der Waals surface area contributed by atoms with Gasteiger partial charge in [-0.25, -0.2) is 4.98 Å². The van der Waals surface area contributed by atoms with E-state index < -0.39 is 48.3 Å². The normalized spacial score (nSPS) is 30.5. The van der Waals surface area contributed by atoms with E-state index in [1.54, 1.807) is 0 Å². The topological polar surface area (TPSA) is 148 Å².